The van der Waals surface area contributed by atoms with Crippen LogP contribution in [0.4, 0.5) is 4.39 Å². The molecule has 0 N–H and O–H groups in total. The number of hydrogen-bond acceptors (Lipinski definition) is 2. The minimum Gasteiger partial charge on any atom is -0.464 e. The molecule has 0 spiro atoms. The first-order valence-electron chi connectivity index (χ1n) is 3.38. The third-order valence-electron chi connectivity index (χ3n) is 1.66. The topological polar surface area (TPSA) is 36.9 Å². The lowest BCUT2D eigenvalue weighted by Crippen LogP contribution is -1.78. The Morgan fingerprint density at radius 1 is 1.42 bits per heavy atom. The normalized spacial score (nSPS) is 10.0. The Kier molecular flexibility index (Phi) is 1.34. The molecule has 0 unspecified atom stereocenters. The summed E-state index contributed by atoms with van der Waals surface area (Å²) in [7, 11) is 0. The van der Waals surface area contributed by atoms with Gasteiger partial charge in [-0.1, -0.05) is 0 Å². The zero-order chi connectivity index (χ0) is 8.55. The number of nitrogens with zero attached hydrogens (tertiary/aromatic N) is 1. The third-order valence-corrected chi connectivity index (χ3v) is 1.66. The molecule has 0 bridgehead atoms. The zero-order valence-electron chi connectivity index (χ0n) is 6.04. The van der Waals surface area contributed by atoms with Crippen LogP contribution in [0.15, 0.2) is 28.9 Å². The molecule has 2 aromatic rings. The van der Waals surface area contributed by atoms with Crippen molar-refractivity contribution in [1.82, 2.24) is 0 Å². The molecule has 0 aliphatic carbocycles. The van der Waals surface area contributed by atoms with E-state index in [1.165, 1.54) is 18.4 Å². The maximum atomic E-state index is 12.8. The Morgan fingerprint density at radius 3 is 3.00 bits per heavy atom. The van der Waals surface area contributed by atoms with Gasteiger partial charge in [0.1, 0.15) is 11.4 Å². The maximum Gasteiger partial charge on any atom is 0.138 e. The molecule has 2 nitrogen and oxygen atoms in total. The largest absolute Gasteiger partial charge is 0.464 e. The first-order chi connectivity index (χ1) is 5.81. The lowest BCUT2D eigenvalue weighted by atomic mass is 10.1. The van der Waals surface area contributed by atoms with Gasteiger partial charge in [0.15, 0.2) is 0 Å². The van der Waals surface area contributed by atoms with Gasteiger partial charge in [-0.15, -0.1) is 0 Å². The van der Waals surface area contributed by atoms with Gasteiger partial charge in [0.05, 0.1) is 17.9 Å². The highest BCUT2D eigenvalue weighted by atomic mass is 19.1. The lowest BCUT2D eigenvalue weighted by Gasteiger charge is -1.91. The number of hydrogen-bond donors (Lipinski definition) is 0. The molecule has 1 aromatic heterocycles. The number of halogens is 1. The van der Waals surface area contributed by atoms with Crippen LogP contribution in [0.25, 0.3) is 11.0 Å². The molecule has 0 radical (unpaired) electrons. The van der Waals surface area contributed by atoms with Crippen LogP contribution in [0, 0.1) is 17.1 Å². The molecule has 0 fully saturated rings. The van der Waals surface area contributed by atoms with Gasteiger partial charge in [0, 0.05) is 11.5 Å². The van der Waals surface area contributed by atoms with E-state index in [1.807, 2.05) is 6.07 Å². The van der Waals surface area contributed by atoms with E-state index < -0.39 is 5.82 Å². The van der Waals surface area contributed by atoms with E-state index in [2.05, 4.69) is 0 Å². The van der Waals surface area contributed by atoms with Gasteiger partial charge in [-0.05, 0) is 12.1 Å². The number of rotatable bonds is 0. The van der Waals surface area contributed by atoms with E-state index in [4.69, 9.17) is 9.68 Å². The van der Waals surface area contributed by atoms with E-state index in [-0.39, 0.29) is 0 Å². The first kappa shape index (κ1) is 6.86. The van der Waals surface area contributed by atoms with Crippen LogP contribution >= 0.6 is 0 Å². The molecule has 3 heteroatoms. The van der Waals surface area contributed by atoms with Crippen LogP contribution in [-0.2, 0) is 0 Å². The Hall–Kier alpha value is -1.82. The summed E-state index contributed by atoms with van der Waals surface area (Å²) in [6, 6.07) is 6.00. The molecule has 0 aliphatic rings. The summed E-state index contributed by atoms with van der Waals surface area (Å²) in [5.74, 6) is -0.450. The smallest absolute Gasteiger partial charge is 0.138 e. The Morgan fingerprint density at radius 2 is 2.25 bits per heavy atom. The molecular weight excluding hydrogens is 157 g/mol. The Bertz CT molecular complexity index is 467. The first-order valence-corrected chi connectivity index (χ1v) is 3.38. The predicted molar refractivity (Wildman–Crippen MR) is 40.9 cm³/mol. The fourth-order valence-electron chi connectivity index (χ4n) is 1.13. The molecule has 0 aliphatic heterocycles. The molecule has 0 atom stereocenters. The van der Waals surface area contributed by atoms with Crippen LogP contribution in [0.3, 0.4) is 0 Å². The van der Waals surface area contributed by atoms with E-state index in [9.17, 15) is 4.39 Å². The van der Waals surface area contributed by atoms with Crippen molar-refractivity contribution in [2.24, 2.45) is 0 Å². The van der Waals surface area contributed by atoms with Crippen LogP contribution in [0.2, 0.25) is 0 Å². The zero-order valence-corrected chi connectivity index (χ0v) is 6.04. The molecule has 12 heavy (non-hydrogen) atoms. The highest BCUT2D eigenvalue weighted by molar-refractivity contribution is 5.83. The fourth-order valence-corrected chi connectivity index (χ4v) is 1.13. The monoisotopic (exact) mass is 161 g/mol. The summed E-state index contributed by atoms with van der Waals surface area (Å²) < 4.78 is 17.7. The van der Waals surface area contributed by atoms with Crippen molar-refractivity contribution in [2.75, 3.05) is 0 Å². The molecule has 1 heterocycles. The van der Waals surface area contributed by atoms with Crippen LogP contribution in [-0.4, -0.2) is 0 Å². The van der Waals surface area contributed by atoms with Gasteiger partial charge in [0.25, 0.3) is 0 Å². The van der Waals surface area contributed by atoms with Gasteiger partial charge in [-0.25, -0.2) is 4.39 Å². The summed E-state index contributed by atoms with van der Waals surface area (Å²) in [6.45, 7) is 0. The highest BCUT2D eigenvalue weighted by Crippen LogP contribution is 2.20. The minimum atomic E-state index is -0.450. The average molecular weight is 161 g/mol. The summed E-state index contributed by atoms with van der Waals surface area (Å²) in [5, 5.41) is 9.27. The van der Waals surface area contributed by atoms with Crippen molar-refractivity contribution in [2.45, 2.75) is 0 Å². The fraction of sp³-hybridized carbons (Fsp3) is 0. The second-order valence-corrected chi connectivity index (χ2v) is 2.40. The van der Waals surface area contributed by atoms with Crippen LogP contribution in [0.5, 0.6) is 0 Å². The second kappa shape index (κ2) is 2.35. The number of furan rings is 1. The van der Waals surface area contributed by atoms with Gasteiger partial charge in [-0.2, -0.15) is 5.26 Å². The Balaban J connectivity index is 2.91. The molecule has 1 aromatic carbocycles. The molecule has 58 valence electrons. The van der Waals surface area contributed by atoms with Crippen molar-refractivity contribution in [1.29, 1.82) is 5.26 Å². The SMILES string of the molecule is N#Cc1cc(F)cc2occc12. The lowest BCUT2D eigenvalue weighted by molar-refractivity contribution is 0.598. The number of nitriles is 1. The van der Waals surface area contributed by atoms with E-state index in [1.54, 1.807) is 6.07 Å². The Labute approximate surface area is 67.8 Å². The van der Waals surface area contributed by atoms with E-state index >= 15 is 0 Å². The van der Waals surface area contributed by atoms with Gasteiger partial charge < -0.3 is 4.42 Å². The van der Waals surface area contributed by atoms with Crippen molar-refractivity contribution in [3.8, 4) is 6.07 Å². The third kappa shape index (κ3) is 0.857. The molecule has 0 saturated heterocycles. The second-order valence-electron chi connectivity index (χ2n) is 2.40. The van der Waals surface area contributed by atoms with Crippen molar-refractivity contribution in [3.05, 3.63) is 35.8 Å². The summed E-state index contributed by atoms with van der Waals surface area (Å²) in [4.78, 5) is 0. The number of benzene rings is 1. The van der Waals surface area contributed by atoms with Crippen molar-refractivity contribution >= 4 is 11.0 Å². The van der Waals surface area contributed by atoms with E-state index in [0.29, 0.717) is 16.5 Å². The van der Waals surface area contributed by atoms with Crippen LogP contribution < -0.4 is 0 Å². The quantitative estimate of drug-likeness (QED) is 0.595. The van der Waals surface area contributed by atoms with E-state index in [0.717, 1.165) is 0 Å². The summed E-state index contributed by atoms with van der Waals surface area (Å²) in [6.07, 6.45) is 1.44. The standard InChI is InChI=1S/C9H4FNO/c10-7-3-6(5-11)8-1-2-12-9(8)4-7/h1-4H. The molecule has 0 amide bonds. The summed E-state index contributed by atoms with van der Waals surface area (Å²) in [5.41, 5.74) is 0.713. The highest BCUT2D eigenvalue weighted by Gasteiger charge is 2.04. The van der Waals surface area contributed by atoms with Gasteiger partial charge in [0.2, 0.25) is 0 Å². The van der Waals surface area contributed by atoms with Crippen LogP contribution in [0.1, 0.15) is 5.56 Å². The summed E-state index contributed by atoms with van der Waals surface area (Å²) >= 11 is 0. The predicted octanol–water partition coefficient (Wildman–Crippen LogP) is 2.44. The average Bonchev–Trinajstić information content (AvgIpc) is 2.50. The van der Waals surface area contributed by atoms with Crippen molar-refractivity contribution in [3.63, 3.8) is 0 Å². The molecular formula is C9H4FNO. The van der Waals surface area contributed by atoms with Gasteiger partial charge in [-0.3, -0.25) is 0 Å². The van der Waals surface area contributed by atoms with Crippen molar-refractivity contribution < 1.29 is 8.81 Å². The molecule has 0 saturated carbocycles. The number of fused-ring (bicyclic) bond motifs is 1. The molecule has 2 rings (SSSR count). The minimum absolute atomic E-state index is 0.304. The maximum absolute atomic E-state index is 12.8. The van der Waals surface area contributed by atoms with Gasteiger partial charge >= 0.3 is 0 Å².